The highest BCUT2D eigenvalue weighted by Crippen LogP contribution is 2.28. The quantitative estimate of drug-likeness (QED) is 0.529. The number of hydrogen-bond acceptors (Lipinski definition) is 0. The number of nitrogens with zero attached hydrogens (tertiary/aromatic N) is 1. The van der Waals surface area contributed by atoms with Gasteiger partial charge in [0.05, 0.1) is 11.8 Å². The van der Waals surface area contributed by atoms with E-state index in [9.17, 15) is 13.2 Å². The zero-order valence-electron chi connectivity index (χ0n) is 5.24. The molecule has 0 unspecified atom stereocenters. The van der Waals surface area contributed by atoms with E-state index in [2.05, 4.69) is 6.20 Å². The summed E-state index contributed by atoms with van der Waals surface area (Å²) in [5, 5.41) is 0. The average Bonchev–Trinajstić information content (AvgIpc) is 2.11. The Morgan fingerprint density at radius 3 is 2.30 bits per heavy atom. The molecule has 0 saturated heterocycles. The summed E-state index contributed by atoms with van der Waals surface area (Å²) in [4.78, 5) is 0. The van der Waals surface area contributed by atoms with Crippen molar-refractivity contribution in [3.05, 3.63) is 24.0 Å². The predicted molar refractivity (Wildman–Crippen MR) is 29.3 cm³/mol. The predicted octanol–water partition coefficient (Wildman–Crippen LogP) is 1.84. The Morgan fingerprint density at radius 1 is 1.50 bits per heavy atom. The molecule has 10 heavy (non-hydrogen) atoms. The number of aryl methyl sites for hydroxylation is 1. The van der Waals surface area contributed by atoms with Crippen LogP contribution in [-0.4, -0.2) is 4.57 Å². The molecule has 0 aromatic carbocycles. The Balaban J connectivity index is 2.96. The second-order valence-corrected chi connectivity index (χ2v) is 1.97. The molecule has 0 saturated carbocycles. The third-order valence-corrected chi connectivity index (χ3v) is 1.08. The first-order valence-corrected chi connectivity index (χ1v) is 2.61. The van der Waals surface area contributed by atoms with Crippen LogP contribution in [0.4, 0.5) is 13.2 Å². The van der Waals surface area contributed by atoms with Gasteiger partial charge in [-0.05, 0) is 6.07 Å². The van der Waals surface area contributed by atoms with E-state index < -0.39 is 11.7 Å². The van der Waals surface area contributed by atoms with E-state index in [0.717, 1.165) is 12.3 Å². The first-order valence-electron chi connectivity index (χ1n) is 2.61. The van der Waals surface area contributed by atoms with Crippen LogP contribution in [0.2, 0.25) is 0 Å². The minimum atomic E-state index is -4.24. The summed E-state index contributed by atoms with van der Waals surface area (Å²) < 4.78 is 36.5. The van der Waals surface area contributed by atoms with Gasteiger partial charge >= 0.3 is 6.18 Å². The van der Waals surface area contributed by atoms with Gasteiger partial charge in [0.1, 0.15) is 0 Å². The van der Waals surface area contributed by atoms with Crippen molar-refractivity contribution < 1.29 is 13.2 Å². The van der Waals surface area contributed by atoms with Gasteiger partial charge < -0.3 is 4.57 Å². The normalized spacial score (nSPS) is 12.0. The van der Waals surface area contributed by atoms with Gasteiger partial charge in [0, 0.05) is 13.2 Å². The molecular formula is C6H5F3N. The molecule has 0 N–H and O–H groups in total. The molecule has 55 valence electrons. The van der Waals surface area contributed by atoms with Crippen molar-refractivity contribution in [2.45, 2.75) is 6.18 Å². The van der Waals surface area contributed by atoms with Crippen LogP contribution >= 0.6 is 0 Å². The van der Waals surface area contributed by atoms with E-state index in [1.807, 2.05) is 0 Å². The van der Waals surface area contributed by atoms with Crippen molar-refractivity contribution in [1.82, 2.24) is 4.57 Å². The second-order valence-electron chi connectivity index (χ2n) is 1.97. The van der Waals surface area contributed by atoms with Gasteiger partial charge in [0.25, 0.3) is 0 Å². The lowest BCUT2D eigenvalue weighted by molar-refractivity contribution is -0.137. The fraction of sp³-hybridized carbons (Fsp3) is 0.333. The molecule has 0 bridgehead atoms. The minimum Gasteiger partial charge on any atom is -0.349 e. The number of aromatic nitrogens is 1. The van der Waals surface area contributed by atoms with E-state index in [-0.39, 0.29) is 0 Å². The van der Waals surface area contributed by atoms with Gasteiger partial charge in [-0.3, -0.25) is 0 Å². The third kappa shape index (κ3) is 1.32. The molecular weight excluding hydrogens is 143 g/mol. The van der Waals surface area contributed by atoms with Gasteiger partial charge in [-0.15, -0.1) is 0 Å². The van der Waals surface area contributed by atoms with Crippen molar-refractivity contribution in [2.24, 2.45) is 7.05 Å². The summed E-state index contributed by atoms with van der Waals surface area (Å²) in [7, 11) is 1.50. The van der Waals surface area contributed by atoms with E-state index in [1.54, 1.807) is 0 Å². The molecule has 1 aromatic heterocycles. The summed E-state index contributed by atoms with van der Waals surface area (Å²) >= 11 is 0. The molecule has 0 aliphatic rings. The number of rotatable bonds is 0. The summed E-state index contributed by atoms with van der Waals surface area (Å²) in [5.74, 6) is 0. The monoisotopic (exact) mass is 148 g/mol. The first kappa shape index (κ1) is 7.18. The van der Waals surface area contributed by atoms with E-state index in [1.165, 1.54) is 11.6 Å². The largest absolute Gasteiger partial charge is 0.417 e. The van der Waals surface area contributed by atoms with Crippen molar-refractivity contribution in [1.29, 1.82) is 0 Å². The molecule has 4 heteroatoms. The molecule has 1 rings (SSSR count). The van der Waals surface area contributed by atoms with Crippen molar-refractivity contribution >= 4 is 0 Å². The van der Waals surface area contributed by atoms with Gasteiger partial charge in [0.2, 0.25) is 0 Å². The van der Waals surface area contributed by atoms with Crippen LogP contribution in [-0.2, 0) is 13.2 Å². The van der Waals surface area contributed by atoms with Crippen molar-refractivity contribution in [2.75, 3.05) is 0 Å². The third-order valence-electron chi connectivity index (χ3n) is 1.08. The van der Waals surface area contributed by atoms with E-state index in [0.29, 0.717) is 0 Å². The Kier molecular flexibility index (Phi) is 1.46. The SMILES string of the molecule is Cn1[c]cc(C(F)(F)F)c1. The highest BCUT2D eigenvalue weighted by Gasteiger charge is 2.30. The van der Waals surface area contributed by atoms with Gasteiger partial charge in [-0.1, -0.05) is 0 Å². The smallest absolute Gasteiger partial charge is 0.349 e. The van der Waals surface area contributed by atoms with Crippen molar-refractivity contribution in [3.8, 4) is 0 Å². The first-order chi connectivity index (χ1) is 4.50. The van der Waals surface area contributed by atoms with E-state index in [4.69, 9.17) is 0 Å². The molecule has 1 heterocycles. The van der Waals surface area contributed by atoms with Gasteiger partial charge in [-0.25, -0.2) is 0 Å². The fourth-order valence-corrected chi connectivity index (χ4v) is 0.610. The maximum atomic E-state index is 11.8. The van der Waals surface area contributed by atoms with Crippen LogP contribution in [0.15, 0.2) is 12.3 Å². The molecule has 0 aliphatic heterocycles. The zero-order chi connectivity index (χ0) is 7.78. The number of halogens is 3. The molecule has 1 radical (unpaired) electrons. The lowest BCUT2D eigenvalue weighted by Gasteiger charge is -2.00. The number of hydrogen-bond donors (Lipinski definition) is 0. The van der Waals surface area contributed by atoms with Gasteiger partial charge in [-0.2, -0.15) is 13.2 Å². The van der Waals surface area contributed by atoms with Crippen molar-refractivity contribution in [3.63, 3.8) is 0 Å². The Morgan fingerprint density at radius 2 is 2.10 bits per heavy atom. The summed E-state index contributed by atoms with van der Waals surface area (Å²) in [5.41, 5.74) is -0.657. The zero-order valence-corrected chi connectivity index (χ0v) is 5.24. The van der Waals surface area contributed by atoms with Crippen LogP contribution in [0.5, 0.6) is 0 Å². The second kappa shape index (κ2) is 2.04. The number of alkyl halides is 3. The van der Waals surface area contributed by atoms with Crippen LogP contribution in [0.25, 0.3) is 0 Å². The van der Waals surface area contributed by atoms with Crippen LogP contribution < -0.4 is 0 Å². The topological polar surface area (TPSA) is 4.93 Å². The summed E-state index contributed by atoms with van der Waals surface area (Å²) in [6.07, 6.45) is -0.880. The molecule has 1 aromatic rings. The Hall–Kier alpha value is -0.930. The Labute approximate surface area is 56.1 Å². The summed E-state index contributed by atoms with van der Waals surface area (Å²) in [6.45, 7) is 0. The Bertz CT molecular complexity index is 223. The molecule has 0 spiro atoms. The molecule has 0 aliphatic carbocycles. The van der Waals surface area contributed by atoms with Crippen LogP contribution in [0.3, 0.4) is 0 Å². The average molecular weight is 148 g/mol. The van der Waals surface area contributed by atoms with E-state index >= 15 is 0 Å². The standard InChI is InChI=1S/C6H5F3N/c1-10-3-2-5(4-10)6(7,8)9/h2,4H,1H3. The maximum Gasteiger partial charge on any atom is 0.417 e. The van der Waals surface area contributed by atoms with Crippen LogP contribution in [0, 0.1) is 6.20 Å². The fourth-order valence-electron chi connectivity index (χ4n) is 0.610. The highest BCUT2D eigenvalue weighted by molar-refractivity contribution is 5.12. The molecule has 0 amide bonds. The molecule has 0 atom stereocenters. The van der Waals surface area contributed by atoms with Gasteiger partial charge in [0.15, 0.2) is 0 Å². The molecule has 1 nitrogen and oxygen atoms in total. The maximum absolute atomic E-state index is 11.8. The minimum absolute atomic E-state index is 0.657. The van der Waals surface area contributed by atoms with Crippen LogP contribution in [0.1, 0.15) is 5.56 Å². The lowest BCUT2D eigenvalue weighted by Crippen LogP contribution is -2.02. The lowest BCUT2D eigenvalue weighted by atomic mass is 10.3. The summed E-state index contributed by atoms with van der Waals surface area (Å²) in [6, 6.07) is 0.917. The molecule has 0 fully saturated rings. The highest BCUT2D eigenvalue weighted by atomic mass is 19.4.